The summed E-state index contributed by atoms with van der Waals surface area (Å²) in [5, 5.41) is 3.97. The minimum absolute atomic E-state index is 0.278. The molecular formula is C17H18N4O2. The molecule has 0 saturated carbocycles. The second-order valence-electron chi connectivity index (χ2n) is 5.13. The van der Waals surface area contributed by atoms with Gasteiger partial charge in [0.2, 0.25) is 0 Å². The van der Waals surface area contributed by atoms with E-state index in [4.69, 9.17) is 4.74 Å². The number of amides is 1. The molecule has 1 fully saturated rings. The van der Waals surface area contributed by atoms with Gasteiger partial charge in [-0.05, 0) is 29.8 Å². The smallest absolute Gasteiger partial charge is 0.272 e. The predicted molar refractivity (Wildman–Crippen MR) is 88.8 cm³/mol. The largest absolute Gasteiger partial charge is 0.378 e. The number of carbonyl (C=O) groups excluding carboxylic acids is 1. The van der Waals surface area contributed by atoms with Crippen molar-refractivity contribution in [2.24, 2.45) is 5.10 Å². The van der Waals surface area contributed by atoms with Crippen molar-refractivity contribution in [2.75, 3.05) is 31.2 Å². The van der Waals surface area contributed by atoms with Crippen LogP contribution >= 0.6 is 0 Å². The number of pyridine rings is 1. The highest BCUT2D eigenvalue weighted by Crippen LogP contribution is 2.15. The molecule has 0 spiro atoms. The van der Waals surface area contributed by atoms with Crippen LogP contribution in [-0.2, 0) is 4.74 Å². The molecule has 3 rings (SSSR count). The molecule has 118 valence electrons. The van der Waals surface area contributed by atoms with Crippen LogP contribution in [0.3, 0.4) is 0 Å². The number of ether oxygens (including phenoxy) is 1. The van der Waals surface area contributed by atoms with E-state index in [-0.39, 0.29) is 5.91 Å². The number of rotatable bonds is 4. The summed E-state index contributed by atoms with van der Waals surface area (Å²) in [6.45, 7) is 3.36. The Morgan fingerprint density at radius 1 is 1.22 bits per heavy atom. The lowest BCUT2D eigenvalue weighted by Crippen LogP contribution is -2.36. The summed E-state index contributed by atoms with van der Waals surface area (Å²) in [6.07, 6.45) is 4.75. The molecule has 0 unspecified atom stereocenters. The number of hydrazone groups is 1. The van der Waals surface area contributed by atoms with E-state index in [2.05, 4.69) is 32.5 Å². The zero-order valence-corrected chi connectivity index (χ0v) is 12.7. The van der Waals surface area contributed by atoms with Gasteiger partial charge in [0, 0.05) is 31.2 Å². The van der Waals surface area contributed by atoms with Crippen LogP contribution in [0.4, 0.5) is 5.69 Å². The van der Waals surface area contributed by atoms with E-state index in [0.717, 1.165) is 31.9 Å². The van der Waals surface area contributed by atoms with Gasteiger partial charge in [-0.25, -0.2) is 5.43 Å². The predicted octanol–water partition coefficient (Wildman–Crippen LogP) is 1.68. The number of anilines is 1. The van der Waals surface area contributed by atoms with E-state index >= 15 is 0 Å². The second-order valence-corrected chi connectivity index (χ2v) is 5.13. The Labute approximate surface area is 134 Å². The van der Waals surface area contributed by atoms with Gasteiger partial charge in [0.1, 0.15) is 0 Å². The molecule has 1 N–H and O–H groups in total. The van der Waals surface area contributed by atoms with E-state index < -0.39 is 0 Å². The Morgan fingerprint density at radius 2 is 2.00 bits per heavy atom. The molecule has 2 heterocycles. The molecule has 1 saturated heterocycles. The fraction of sp³-hybridized carbons (Fsp3) is 0.235. The van der Waals surface area contributed by atoms with E-state index in [1.165, 1.54) is 11.9 Å². The van der Waals surface area contributed by atoms with Gasteiger partial charge in [-0.3, -0.25) is 9.78 Å². The molecule has 6 heteroatoms. The fourth-order valence-corrected chi connectivity index (χ4v) is 2.32. The highest BCUT2D eigenvalue weighted by atomic mass is 16.5. The highest BCUT2D eigenvalue weighted by molar-refractivity contribution is 5.94. The Morgan fingerprint density at radius 3 is 2.70 bits per heavy atom. The zero-order valence-electron chi connectivity index (χ0n) is 12.7. The normalized spacial score (nSPS) is 14.9. The lowest BCUT2D eigenvalue weighted by molar-refractivity contribution is 0.0955. The number of morpholine rings is 1. The molecule has 0 bridgehead atoms. The molecule has 23 heavy (non-hydrogen) atoms. The van der Waals surface area contributed by atoms with Crippen LogP contribution in [0.5, 0.6) is 0 Å². The van der Waals surface area contributed by atoms with Gasteiger partial charge in [-0.1, -0.05) is 12.1 Å². The third-order valence-electron chi connectivity index (χ3n) is 3.57. The van der Waals surface area contributed by atoms with Crippen LogP contribution < -0.4 is 10.3 Å². The van der Waals surface area contributed by atoms with Crippen LogP contribution in [0.2, 0.25) is 0 Å². The SMILES string of the molecule is O=C(N/N=C/c1ccc(N2CCOCC2)cc1)c1cccnc1. The molecule has 1 aromatic carbocycles. The summed E-state index contributed by atoms with van der Waals surface area (Å²) >= 11 is 0. The Bertz CT molecular complexity index is 665. The van der Waals surface area contributed by atoms with Gasteiger partial charge in [0.25, 0.3) is 5.91 Å². The maximum Gasteiger partial charge on any atom is 0.272 e. The van der Waals surface area contributed by atoms with Crippen molar-refractivity contribution >= 4 is 17.8 Å². The first-order valence-corrected chi connectivity index (χ1v) is 7.49. The molecular weight excluding hydrogens is 292 g/mol. The summed E-state index contributed by atoms with van der Waals surface area (Å²) in [4.78, 5) is 18.0. The maximum absolute atomic E-state index is 11.8. The number of nitrogens with zero attached hydrogens (tertiary/aromatic N) is 3. The van der Waals surface area contributed by atoms with E-state index in [1.807, 2.05) is 12.1 Å². The Hall–Kier alpha value is -2.73. The summed E-state index contributed by atoms with van der Waals surface area (Å²) in [5.74, 6) is -0.278. The van der Waals surface area contributed by atoms with Crippen LogP contribution in [0.1, 0.15) is 15.9 Å². The van der Waals surface area contributed by atoms with E-state index in [0.29, 0.717) is 5.56 Å². The lowest BCUT2D eigenvalue weighted by Gasteiger charge is -2.28. The molecule has 1 aliphatic heterocycles. The molecule has 1 aliphatic rings. The minimum Gasteiger partial charge on any atom is -0.378 e. The van der Waals surface area contributed by atoms with Gasteiger partial charge >= 0.3 is 0 Å². The molecule has 1 aromatic heterocycles. The molecule has 0 aliphatic carbocycles. The number of aromatic nitrogens is 1. The number of carbonyl (C=O) groups is 1. The minimum atomic E-state index is -0.278. The number of nitrogens with one attached hydrogen (secondary N) is 1. The second kappa shape index (κ2) is 7.51. The summed E-state index contributed by atoms with van der Waals surface area (Å²) in [6, 6.07) is 11.5. The molecule has 0 atom stereocenters. The monoisotopic (exact) mass is 310 g/mol. The highest BCUT2D eigenvalue weighted by Gasteiger charge is 2.10. The zero-order chi connectivity index (χ0) is 15.9. The number of benzene rings is 1. The van der Waals surface area contributed by atoms with Crippen molar-refractivity contribution in [1.29, 1.82) is 0 Å². The first-order valence-electron chi connectivity index (χ1n) is 7.49. The van der Waals surface area contributed by atoms with Gasteiger partial charge in [0.05, 0.1) is 25.0 Å². The van der Waals surface area contributed by atoms with Crippen LogP contribution in [-0.4, -0.2) is 43.4 Å². The van der Waals surface area contributed by atoms with Crippen molar-refractivity contribution in [1.82, 2.24) is 10.4 Å². The van der Waals surface area contributed by atoms with Crippen LogP contribution in [0.25, 0.3) is 0 Å². The summed E-state index contributed by atoms with van der Waals surface area (Å²) < 4.78 is 5.35. The van der Waals surface area contributed by atoms with Gasteiger partial charge in [0.15, 0.2) is 0 Å². The number of hydrogen-bond acceptors (Lipinski definition) is 5. The average molecular weight is 310 g/mol. The topological polar surface area (TPSA) is 66.8 Å². The van der Waals surface area contributed by atoms with Gasteiger partial charge < -0.3 is 9.64 Å². The first-order chi connectivity index (χ1) is 11.3. The van der Waals surface area contributed by atoms with Crippen molar-refractivity contribution in [3.8, 4) is 0 Å². The van der Waals surface area contributed by atoms with E-state index in [9.17, 15) is 4.79 Å². The van der Waals surface area contributed by atoms with Crippen molar-refractivity contribution in [3.05, 3.63) is 59.9 Å². The number of hydrogen-bond donors (Lipinski definition) is 1. The first kappa shape index (κ1) is 15.2. The molecule has 2 aromatic rings. The quantitative estimate of drug-likeness (QED) is 0.689. The molecule has 6 nitrogen and oxygen atoms in total. The van der Waals surface area contributed by atoms with Crippen molar-refractivity contribution in [3.63, 3.8) is 0 Å². The van der Waals surface area contributed by atoms with Crippen LogP contribution in [0.15, 0.2) is 53.9 Å². The average Bonchev–Trinajstić information content (AvgIpc) is 2.64. The third kappa shape index (κ3) is 4.14. The maximum atomic E-state index is 11.8. The van der Waals surface area contributed by atoms with Crippen molar-refractivity contribution in [2.45, 2.75) is 0 Å². The Kier molecular flexibility index (Phi) is 4.95. The van der Waals surface area contributed by atoms with Crippen molar-refractivity contribution < 1.29 is 9.53 Å². The summed E-state index contributed by atoms with van der Waals surface area (Å²) in [7, 11) is 0. The van der Waals surface area contributed by atoms with E-state index in [1.54, 1.807) is 24.5 Å². The molecule has 0 radical (unpaired) electrons. The third-order valence-corrected chi connectivity index (χ3v) is 3.57. The standard InChI is InChI=1S/C17H18N4O2/c22-17(15-2-1-7-18-13-15)20-19-12-14-3-5-16(6-4-14)21-8-10-23-11-9-21/h1-7,12-13H,8-11H2,(H,20,22)/b19-12+. The van der Waals surface area contributed by atoms with Gasteiger partial charge in [-0.2, -0.15) is 5.10 Å². The Balaban J connectivity index is 1.56. The lowest BCUT2D eigenvalue weighted by atomic mass is 10.2. The molecule has 1 amide bonds. The fourth-order valence-electron chi connectivity index (χ4n) is 2.32. The van der Waals surface area contributed by atoms with Crippen LogP contribution in [0, 0.1) is 0 Å². The summed E-state index contributed by atoms with van der Waals surface area (Å²) in [5.41, 5.74) is 5.06. The van der Waals surface area contributed by atoms with Gasteiger partial charge in [-0.15, -0.1) is 0 Å².